The predicted octanol–water partition coefficient (Wildman–Crippen LogP) is 4.81. The SMILES string of the molecule is CN1C(=O)N(CC(F)(CC(N=O)c2ccc(-c3ccc(Cl)cc3)cc2F)C(=O)O)C(=O)C1(C)C. The van der Waals surface area contributed by atoms with Gasteiger partial charge in [0.1, 0.15) is 17.4 Å². The monoisotopic (exact) mass is 493 g/mol. The standard InChI is InChI=1S/C23H22ClF2N3O5/c1-22(2)19(30)29(21(33)28(22)3)12-23(26,20(31)32)11-18(27-34)16-9-6-14(10-17(16)25)13-4-7-15(24)8-5-13/h4-10,18H,11-12H2,1-3H3,(H,31,32). The number of carbonyl (C=O) groups is 3. The number of hydrogen-bond acceptors (Lipinski definition) is 5. The highest BCUT2D eigenvalue weighted by molar-refractivity contribution is 6.30. The number of halogens is 3. The van der Waals surface area contributed by atoms with Gasteiger partial charge < -0.3 is 10.0 Å². The summed E-state index contributed by atoms with van der Waals surface area (Å²) < 4.78 is 30.5. The van der Waals surface area contributed by atoms with Gasteiger partial charge in [0.25, 0.3) is 5.91 Å². The van der Waals surface area contributed by atoms with Crippen LogP contribution in [0.25, 0.3) is 11.1 Å². The summed E-state index contributed by atoms with van der Waals surface area (Å²) in [6.07, 6.45) is -1.08. The molecule has 3 amide bonds. The maximum Gasteiger partial charge on any atom is 0.343 e. The first-order valence-corrected chi connectivity index (χ1v) is 10.6. The van der Waals surface area contributed by atoms with Crippen molar-refractivity contribution in [3.63, 3.8) is 0 Å². The van der Waals surface area contributed by atoms with E-state index in [1.807, 2.05) is 0 Å². The lowest BCUT2D eigenvalue weighted by Crippen LogP contribution is -2.49. The van der Waals surface area contributed by atoms with E-state index in [0.29, 0.717) is 21.0 Å². The molecule has 2 aromatic carbocycles. The molecule has 0 radical (unpaired) electrons. The zero-order chi connectivity index (χ0) is 25.4. The summed E-state index contributed by atoms with van der Waals surface area (Å²) in [5.74, 6) is -3.69. The molecule has 1 aliphatic heterocycles. The van der Waals surface area contributed by atoms with E-state index >= 15 is 4.39 Å². The van der Waals surface area contributed by atoms with Gasteiger partial charge in [-0.2, -0.15) is 4.91 Å². The number of rotatable bonds is 8. The number of imide groups is 1. The van der Waals surface area contributed by atoms with Crippen LogP contribution in [0.4, 0.5) is 13.6 Å². The molecule has 0 aromatic heterocycles. The van der Waals surface area contributed by atoms with E-state index in [-0.39, 0.29) is 5.56 Å². The molecular weight excluding hydrogens is 472 g/mol. The summed E-state index contributed by atoms with van der Waals surface area (Å²) >= 11 is 5.85. The van der Waals surface area contributed by atoms with Gasteiger partial charge in [-0.3, -0.25) is 9.69 Å². The largest absolute Gasteiger partial charge is 0.479 e. The minimum atomic E-state index is -3.24. The maximum absolute atomic E-state index is 15.6. The number of carbonyl (C=O) groups excluding carboxylic acids is 2. The van der Waals surface area contributed by atoms with E-state index < -0.39 is 53.9 Å². The number of nitrogens with zero attached hydrogens (tertiary/aromatic N) is 3. The topological polar surface area (TPSA) is 107 Å². The van der Waals surface area contributed by atoms with Crippen LogP contribution in [0.3, 0.4) is 0 Å². The third-order valence-electron chi connectivity index (χ3n) is 6.10. The first-order chi connectivity index (χ1) is 15.8. The van der Waals surface area contributed by atoms with Gasteiger partial charge in [0.15, 0.2) is 0 Å². The molecule has 2 unspecified atom stereocenters. The normalized spacial score (nSPS) is 18.1. The Kier molecular flexibility index (Phi) is 6.75. The second-order valence-corrected chi connectivity index (χ2v) is 9.07. The third-order valence-corrected chi connectivity index (χ3v) is 6.35. The van der Waals surface area contributed by atoms with Crippen molar-refractivity contribution < 1.29 is 28.3 Å². The zero-order valence-electron chi connectivity index (χ0n) is 18.6. The summed E-state index contributed by atoms with van der Waals surface area (Å²) in [7, 11) is 1.33. The molecule has 0 spiro atoms. The lowest BCUT2D eigenvalue weighted by Gasteiger charge is -2.27. The van der Waals surface area contributed by atoms with Crippen molar-refractivity contribution in [2.75, 3.05) is 13.6 Å². The minimum absolute atomic E-state index is 0.312. The van der Waals surface area contributed by atoms with E-state index in [4.69, 9.17) is 11.6 Å². The molecule has 1 fully saturated rings. The third kappa shape index (κ3) is 4.50. The van der Waals surface area contributed by atoms with Crippen LogP contribution in [0.15, 0.2) is 47.6 Å². The summed E-state index contributed by atoms with van der Waals surface area (Å²) in [5.41, 5.74) is -3.78. The van der Waals surface area contributed by atoms with Crippen molar-refractivity contribution in [2.45, 2.75) is 37.5 Å². The van der Waals surface area contributed by atoms with E-state index in [9.17, 15) is 28.8 Å². The lowest BCUT2D eigenvalue weighted by molar-refractivity contribution is -0.153. The van der Waals surface area contributed by atoms with E-state index in [1.54, 1.807) is 24.3 Å². The number of hydrogen-bond donors (Lipinski definition) is 1. The number of alkyl halides is 1. The molecule has 1 saturated heterocycles. The average Bonchev–Trinajstić information content (AvgIpc) is 2.93. The number of carboxylic acid groups (broad SMARTS) is 1. The molecule has 8 nitrogen and oxygen atoms in total. The predicted molar refractivity (Wildman–Crippen MR) is 120 cm³/mol. The molecule has 0 bridgehead atoms. The van der Waals surface area contributed by atoms with E-state index in [2.05, 4.69) is 5.18 Å². The second kappa shape index (κ2) is 9.09. The van der Waals surface area contributed by atoms with Crippen LogP contribution in [0.5, 0.6) is 0 Å². The first kappa shape index (κ1) is 25.2. The Morgan fingerprint density at radius 3 is 2.24 bits per heavy atom. The molecule has 1 N–H and O–H groups in total. The molecule has 34 heavy (non-hydrogen) atoms. The molecule has 1 aliphatic rings. The molecule has 180 valence electrons. The maximum atomic E-state index is 15.6. The second-order valence-electron chi connectivity index (χ2n) is 8.63. The van der Waals surface area contributed by atoms with Gasteiger partial charge in [-0.15, -0.1) is 0 Å². The Balaban J connectivity index is 1.89. The lowest BCUT2D eigenvalue weighted by atomic mass is 9.90. The Morgan fingerprint density at radius 2 is 1.76 bits per heavy atom. The van der Waals surface area contributed by atoms with Gasteiger partial charge in [0.2, 0.25) is 5.67 Å². The van der Waals surface area contributed by atoms with Crippen LogP contribution >= 0.6 is 11.6 Å². The quantitative estimate of drug-likeness (QED) is 0.419. The Labute approximate surface area is 199 Å². The van der Waals surface area contributed by atoms with Crippen LogP contribution in [0.1, 0.15) is 31.9 Å². The van der Waals surface area contributed by atoms with Gasteiger partial charge in [0.05, 0.1) is 6.54 Å². The number of carboxylic acids is 1. The molecular formula is C23H22ClF2N3O5. The van der Waals surface area contributed by atoms with Crippen LogP contribution in [0.2, 0.25) is 5.02 Å². The highest BCUT2D eigenvalue weighted by Crippen LogP contribution is 2.36. The smallest absolute Gasteiger partial charge is 0.343 e. The van der Waals surface area contributed by atoms with Crippen LogP contribution < -0.4 is 0 Å². The fraction of sp³-hybridized carbons (Fsp3) is 0.348. The number of likely N-dealkylation sites (N-methyl/N-ethyl adjacent to an activating group) is 1. The number of aliphatic carboxylic acids is 1. The van der Waals surface area contributed by atoms with Crippen LogP contribution in [-0.2, 0) is 9.59 Å². The first-order valence-electron chi connectivity index (χ1n) is 10.2. The molecule has 2 aromatic rings. The van der Waals surface area contributed by atoms with Gasteiger partial charge in [-0.25, -0.2) is 18.4 Å². The molecule has 0 saturated carbocycles. The van der Waals surface area contributed by atoms with Gasteiger partial charge in [-0.05, 0) is 43.2 Å². The van der Waals surface area contributed by atoms with Crippen molar-refractivity contribution in [3.8, 4) is 11.1 Å². The minimum Gasteiger partial charge on any atom is -0.479 e. The Bertz CT molecular complexity index is 1160. The van der Waals surface area contributed by atoms with Crippen molar-refractivity contribution in [2.24, 2.45) is 5.18 Å². The summed E-state index contributed by atoms with van der Waals surface area (Å²) in [6.45, 7) is 1.72. The molecule has 3 rings (SSSR count). The van der Waals surface area contributed by atoms with Gasteiger partial charge >= 0.3 is 12.0 Å². The van der Waals surface area contributed by atoms with Crippen LogP contribution in [0, 0.1) is 10.7 Å². The van der Waals surface area contributed by atoms with E-state index in [1.165, 1.54) is 33.0 Å². The summed E-state index contributed by atoms with van der Waals surface area (Å²) in [6, 6.07) is 7.75. The molecule has 11 heteroatoms. The fourth-order valence-electron chi connectivity index (χ4n) is 3.72. The van der Waals surface area contributed by atoms with Crippen molar-refractivity contribution in [1.29, 1.82) is 0 Å². The number of nitroso groups, excluding NO2 is 1. The average molecular weight is 494 g/mol. The number of benzene rings is 2. The Hall–Kier alpha value is -3.40. The zero-order valence-corrected chi connectivity index (χ0v) is 19.3. The van der Waals surface area contributed by atoms with Crippen LogP contribution in [-0.4, -0.2) is 57.6 Å². The molecule has 0 aliphatic carbocycles. The highest BCUT2D eigenvalue weighted by Gasteiger charge is 2.54. The van der Waals surface area contributed by atoms with Crippen molar-refractivity contribution >= 4 is 29.5 Å². The van der Waals surface area contributed by atoms with Crippen molar-refractivity contribution in [3.05, 3.63) is 63.8 Å². The summed E-state index contributed by atoms with van der Waals surface area (Å²) in [5, 5.41) is 12.8. The van der Waals surface area contributed by atoms with Crippen molar-refractivity contribution in [1.82, 2.24) is 9.80 Å². The summed E-state index contributed by atoms with van der Waals surface area (Å²) in [4.78, 5) is 49.9. The Morgan fingerprint density at radius 1 is 1.18 bits per heavy atom. The molecule has 1 heterocycles. The number of urea groups is 1. The van der Waals surface area contributed by atoms with Gasteiger partial charge in [-0.1, -0.05) is 41.0 Å². The number of amides is 3. The molecule has 2 atom stereocenters. The van der Waals surface area contributed by atoms with E-state index in [0.717, 1.165) is 11.0 Å². The highest BCUT2D eigenvalue weighted by atomic mass is 35.5. The van der Waals surface area contributed by atoms with Gasteiger partial charge in [0, 0.05) is 24.1 Å². The fourth-order valence-corrected chi connectivity index (χ4v) is 3.85.